The zero-order valence-corrected chi connectivity index (χ0v) is 14.2. The molecular formula is C17H29NO2S. The summed E-state index contributed by atoms with van der Waals surface area (Å²) in [5, 5.41) is 9.75. The Morgan fingerprint density at radius 3 is 2.67 bits per heavy atom. The van der Waals surface area contributed by atoms with Gasteiger partial charge in [-0.2, -0.15) is 11.8 Å². The fourth-order valence-electron chi connectivity index (χ4n) is 4.78. The third-order valence-corrected chi connectivity index (χ3v) is 7.18. The average molecular weight is 311 g/mol. The van der Waals surface area contributed by atoms with Gasteiger partial charge in [0.15, 0.2) is 0 Å². The number of piperidine rings is 1. The summed E-state index contributed by atoms with van der Waals surface area (Å²) in [6.07, 6.45) is 8.34. The molecule has 4 unspecified atom stereocenters. The fraction of sp³-hybridized carbons (Fsp3) is 0.941. The third kappa shape index (κ3) is 2.98. The fourth-order valence-corrected chi connectivity index (χ4v) is 6.46. The lowest BCUT2D eigenvalue weighted by Crippen LogP contribution is -2.63. The lowest BCUT2D eigenvalue weighted by molar-refractivity contribution is -0.152. The van der Waals surface area contributed by atoms with Crippen molar-refractivity contribution in [1.82, 2.24) is 4.90 Å². The maximum absolute atomic E-state index is 11.8. The van der Waals surface area contributed by atoms with Crippen molar-refractivity contribution in [3.8, 4) is 0 Å². The molecule has 3 aliphatic rings. The summed E-state index contributed by atoms with van der Waals surface area (Å²) in [5.41, 5.74) is 0.248. The van der Waals surface area contributed by atoms with Gasteiger partial charge in [-0.15, -0.1) is 0 Å². The predicted molar refractivity (Wildman–Crippen MR) is 87.8 cm³/mol. The van der Waals surface area contributed by atoms with Crippen molar-refractivity contribution >= 4 is 17.7 Å². The Balaban J connectivity index is 1.89. The van der Waals surface area contributed by atoms with Crippen LogP contribution in [0.4, 0.5) is 0 Å². The number of carboxylic acid groups (broad SMARTS) is 1. The van der Waals surface area contributed by atoms with E-state index in [9.17, 15) is 9.90 Å². The first kappa shape index (κ1) is 15.7. The molecule has 0 bridgehead atoms. The number of carbonyl (C=O) groups is 1. The largest absolute Gasteiger partial charge is 0.480 e. The normalized spacial score (nSPS) is 40.5. The van der Waals surface area contributed by atoms with Crippen LogP contribution in [0.15, 0.2) is 0 Å². The summed E-state index contributed by atoms with van der Waals surface area (Å²) in [7, 11) is 0. The molecule has 1 N–H and O–H groups in total. The van der Waals surface area contributed by atoms with E-state index in [1.807, 2.05) is 11.8 Å². The Morgan fingerprint density at radius 2 is 1.95 bits per heavy atom. The van der Waals surface area contributed by atoms with Crippen molar-refractivity contribution < 1.29 is 9.90 Å². The molecule has 4 heteroatoms. The molecule has 0 amide bonds. The van der Waals surface area contributed by atoms with Crippen molar-refractivity contribution in [3.05, 3.63) is 0 Å². The number of hydrogen-bond donors (Lipinski definition) is 1. The molecule has 2 heterocycles. The van der Waals surface area contributed by atoms with Crippen molar-refractivity contribution in [2.24, 2.45) is 11.3 Å². The van der Waals surface area contributed by atoms with E-state index in [0.717, 1.165) is 24.5 Å². The van der Waals surface area contributed by atoms with Gasteiger partial charge in [0.1, 0.15) is 6.04 Å². The van der Waals surface area contributed by atoms with E-state index in [4.69, 9.17) is 0 Å². The van der Waals surface area contributed by atoms with Crippen LogP contribution in [0.1, 0.15) is 58.8 Å². The molecular weight excluding hydrogens is 282 g/mol. The lowest BCUT2D eigenvalue weighted by Gasteiger charge is -2.55. The van der Waals surface area contributed by atoms with Crippen LogP contribution in [0.25, 0.3) is 0 Å². The van der Waals surface area contributed by atoms with Gasteiger partial charge in [-0.25, -0.2) is 0 Å². The first-order valence-corrected chi connectivity index (χ1v) is 9.74. The molecule has 3 rings (SSSR count). The molecule has 0 spiro atoms. The van der Waals surface area contributed by atoms with Crippen molar-refractivity contribution in [2.75, 3.05) is 11.5 Å². The van der Waals surface area contributed by atoms with Crippen molar-refractivity contribution in [3.63, 3.8) is 0 Å². The van der Waals surface area contributed by atoms with Crippen LogP contribution in [0.2, 0.25) is 0 Å². The highest BCUT2D eigenvalue weighted by Crippen LogP contribution is 2.45. The monoisotopic (exact) mass is 311 g/mol. The zero-order chi connectivity index (χ0) is 15.0. The highest BCUT2D eigenvalue weighted by atomic mass is 32.2. The number of hydrogen-bond acceptors (Lipinski definition) is 3. The summed E-state index contributed by atoms with van der Waals surface area (Å²) in [6.45, 7) is 4.70. The molecule has 0 radical (unpaired) electrons. The topological polar surface area (TPSA) is 40.5 Å². The van der Waals surface area contributed by atoms with Crippen LogP contribution in [0.5, 0.6) is 0 Å². The van der Waals surface area contributed by atoms with Gasteiger partial charge in [0.05, 0.1) is 0 Å². The number of carboxylic acids is 1. The molecule has 3 fully saturated rings. The van der Waals surface area contributed by atoms with Crippen molar-refractivity contribution in [1.29, 1.82) is 0 Å². The molecule has 0 aromatic heterocycles. The van der Waals surface area contributed by atoms with E-state index in [0.29, 0.717) is 12.1 Å². The molecule has 4 atom stereocenters. The van der Waals surface area contributed by atoms with Crippen LogP contribution >= 0.6 is 11.8 Å². The maximum Gasteiger partial charge on any atom is 0.320 e. The molecule has 1 aliphatic carbocycles. The van der Waals surface area contributed by atoms with Gasteiger partial charge in [-0.1, -0.05) is 26.7 Å². The second kappa shape index (κ2) is 6.11. The average Bonchev–Trinajstić information content (AvgIpc) is 2.46. The number of aliphatic carboxylic acids is 1. The van der Waals surface area contributed by atoms with Gasteiger partial charge in [-0.05, 0) is 49.2 Å². The standard InChI is InChI=1S/C17H29NO2S/c1-17(2)9-10-21-11-15(17)18-13-6-4-3-5-12(13)7-8-14(18)16(19)20/h12-15H,3-11H2,1-2H3,(H,19,20). The second-order valence-corrected chi connectivity index (χ2v) is 8.97. The molecule has 2 aliphatic heterocycles. The molecule has 0 aromatic rings. The first-order chi connectivity index (χ1) is 10.0. The van der Waals surface area contributed by atoms with Gasteiger partial charge in [-0.3, -0.25) is 9.69 Å². The second-order valence-electron chi connectivity index (χ2n) is 7.82. The summed E-state index contributed by atoms with van der Waals surface area (Å²) in [4.78, 5) is 14.3. The predicted octanol–water partition coefficient (Wildman–Crippen LogP) is 3.63. The number of rotatable bonds is 2. The van der Waals surface area contributed by atoms with E-state index in [-0.39, 0.29) is 11.5 Å². The Kier molecular flexibility index (Phi) is 4.56. The number of fused-ring (bicyclic) bond motifs is 1. The zero-order valence-electron chi connectivity index (χ0n) is 13.4. The van der Waals surface area contributed by atoms with Gasteiger partial charge < -0.3 is 5.11 Å². The Morgan fingerprint density at radius 1 is 1.19 bits per heavy atom. The SMILES string of the molecule is CC1(C)CCSCC1N1C(C(=O)O)CCC2CCCCC21. The van der Waals surface area contributed by atoms with Crippen LogP contribution in [-0.4, -0.2) is 45.6 Å². The third-order valence-electron chi connectivity index (χ3n) is 6.14. The summed E-state index contributed by atoms with van der Waals surface area (Å²) in [6, 6.07) is 0.715. The van der Waals surface area contributed by atoms with E-state index in [1.165, 1.54) is 37.9 Å². The minimum atomic E-state index is -0.592. The van der Waals surface area contributed by atoms with E-state index in [1.54, 1.807) is 0 Å². The van der Waals surface area contributed by atoms with E-state index >= 15 is 0 Å². The van der Waals surface area contributed by atoms with Crippen molar-refractivity contribution in [2.45, 2.75) is 76.9 Å². The molecule has 1 saturated carbocycles. The minimum Gasteiger partial charge on any atom is -0.480 e. The quantitative estimate of drug-likeness (QED) is 0.845. The Bertz CT molecular complexity index is 398. The van der Waals surface area contributed by atoms with Crippen LogP contribution in [0, 0.1) is 11.3 Å². The van der Waals surface area contributed by atoms with Gasteiger partial charge in [0.2, 0.25) is 0 Å². The molecule has 2 saturated heterocycles. The molecule has 3 nitrogen and oxygen atoms in total. The van der Waals surface area contributed by atoms with E-state index < -0.39 is 5.97 Å². The van der Waals surface area contributed by atoms with Gasteiger partial charge >= 0.3 is 5.97 Å². The number of likely N-dealkylation sites (tertiary alicyclic amines) is 1. The molecule has 120 valence electrons. The van der Waals surface area contributed by atoms with Gasteiger partial charge in [0.25, 0.3) is 0 Å². The van der Waals surface area contributed by atoms with E-state index in [2.05, 4.69) is 18.7 Å². The van der Waals surface area contributed by atoms with Crippen LogP contribution in [-0.2, 0) is 4.79 Å². The maximum atomic E-state index is 11.8. The number of nitrogens with zero attached hydrogens (tertiary/aromatic N) is 1. The summed E-state index contributed by atoms with van der Waals surface area (Å²) >= 11 is 2.02. The van der Waals surface area contributed by atoms with Gasteiger partial charge in [0, 0.05) is 17.8 Å². The first-order valence-electron chi connectivity index (χ1n) is 8.59. The van der Waals surface area contributed by atoms with Crippen LogP contribution < -0.4 is 0 Å². The summed E-state index contributed by atoms with van der Waals surface area (Å²) in [5.74, 6) is 2.49. The smallest absolute Gasteiger partial charge is 0.320 e. The highest BCUT2D eigenvalue weighted by Gasteiger charge is 2.48. The molecule has 21 heavy (non-hydrogen) atoms. The molecule has 0 aromatic carbocycles. The minimum absolute atomic E-state index is 0.243. The van der Waals surface area contributed by atoms with Crippen LogP contribution in [0.3, 0.4) is 0 Å². The number of thioether (sulfide) groups is 1. The highest BCUT2D eigenvalue weighted by molar-refractivity contribution is 7.99. The Hall–Kier alpha value is -0.220. The summed E-state index contributed by atoms with van der Waals surface area (Å²) < 4.78 is 0. The lowest BCUT2D eigenvalue weighted by atomic mass is 9.72. The Labute approximate surface area is 132 Å².